The number of halogens is 1. The van der Waals surface area contributed by atoms with Crippen molar-refractivity contribution in [3.05, 3.63) is 21.0 Å². The van der Waals surface area contributed by atoms with Gasteiger partial charge in [0.1, 0.15) is 4.47 Å². The van der Waals surface area contributed by atoms with E-state index in [0.717, 1.165) is 25.1 Å². The molecule has 0 aromatic carbocycles. The molecule has 2 rings (SSSR count). The Morgan fingerprint density at radius 3 is 2.86 bits per heavy atom. The molecule has 1 fully saturated rings. The lowest BCUT2D eigenvalue weighted by Crippen LogP contribution is -2.43. The highest BCUT2D eigenvalue weighted by Gasteiger charge is 2.23. The highest BCUT2D eigenvalue weighted by Crippen LogP contribution is 2.23. The Morgan fingerprint density at radius 1 is 1.52 bits per heavy atom. The van der Waals surface area contributed by atoms with Gasteiger partial charge in [-0.3, -0.25) is 4.79 Å². The van der Waals surface area contributed by atoms with Crippen molar-refractivity contribution in [3.8, 4) is 0 Å². The van der Waals surface area contributed by atoms with E-state index in [1.54, 1.807) is 6.20 Å². The molecule has 2 unspecified atom stereocenters. The fourth-order valence-electron chi connectivity index (χ4n) is 2.68. The zero-order chi connectivity index (χ0) is 15.6. The molecule has 2 atom stereocenters. The van der Waals surface area contributed by atoms with Crippen molar-refractivity contribution in [1.29, 1.82) is 0 Å². The largest absolute Gasteiger partial charge is 0.380 e. The first kappa shape index (κ1) is 16.5. The number of aromatic nitrogens is 2. The standard InChI is InChI=1S/C15H25BrN4O/c1-10(2)9-20-15(21)14(16)13(8-17-20)18-12-5-6-19(4)11(3)7-12/h8,10-12,18H,5-7,9H2,1-4H3. The Labute approximate surface area is 134 Å². The highest BCUT2D eigenvalue weighted by atomic mass is 79.9. The first-order valence-electron chi connectivity index (χ1n) is 7.61. The first-order chi connectivity index (χ1) is 9.88. The van der Waals surface area contributed by atoms with Gasteiger partial charge in [-0.15, -0.1) is 0 Å². The molecule has 1 aliphatic rings. The van der Waals surface area contributed by atoms with Crippen LogP contribution in [0.15, 0.2) is 15.5 Å². The first-order valence-corrected chi connectivity index (χ1v) is 8.40. The summed E-state index contributed by atoms with van der Waals surface area (Å²) >= 11 is 3.43. The molecule has 5 nitrogen and oxygen atoms in total. The number of rotatable bonds is 4. The van der Waals surface area contributed by atoms with Gasteiger partial charge >= 0.3 is 0 Å². The van der Waals surface area contributed by atoms with Crippen molar-refractivity contribution in [2.75, 3.05) is 18.9 Å². The van der Waals surface area contributed by atoms with Gasteiger partial charge in [-0.1, -0.05) is 13.8 Å². The van der Waals surface area contributed by atoms with E-state index in [-0.39, 0.29) is 5.56 Å². The number of nitrogens with zero attached hydrogens (tertiary/aromatic N) is 3. The monoisotopic (exact) mass is 356 g/mol. The summed E-state index contributed by atoms with van der Waals surface area (Å²) in [5.74, 6) is 0.399. The van der Waals surface area contributed by atoms with Crippen molar-refractivity contribution in [2.45, 2.75) is 52.2 Å². The molecule has 0 saturated carbocycles. The maximum Gasteiger partial charge on any atom is 0.283 e. The molecule has 2 heterocycles. The molecular weight excluding hydrogens is 332 g/mol. The van der Waals surface area contributed by atoms with E-state index in [1.807, 2.05) is 0 Å². The number of piperidine rings is 1. The Kier molecular flexibility index (Phi) is 5.43. The van der Waals surface area contributed by atoms with Gasteiger partial charge < -0.3 is 10.2 Å². The third-order valence-electron chi connectivity index (χ3n) is 4.09. The summed E-state index contributed by atoms with van der Waals surface area (Å²) in [5, 5.41) is 7.75. The van der Waals surface area contributed by atoms with Gasteiger partial charge in [0.15, 0.2) is 0 Å². The van der Waals surface area contributed by atoms with Crippen LogP contribution in [-0.2, 0) is 6.54 Å². The second-order valence-corrected chi connectivity index (χ2v) is 7.24. The van der Waals surface area contributed by atoms with E-state index in [1.165, 1.54) is 4.68 Å². The third kappa shape index (κ3) is 4.07. The molecule has 1 saturated heterocycles. The molecule has 0 bridgehead atoms. The van der Waals surface area contributed by atoms with Gasteiger partial charge in [0, 0.05) is 25.2 Å². The van der Waals surface area contributed by atoms with Gasteiger partial charge in [-0.05, 0) is 48.7 Å². The molecule has 118 valence electrons. The topological polar surface area (TPSA) is 50.2 Å². The summed E-state index contributed by atoms with van der Waals surface area (Å²) < 4.78 is 2.11. The zero-order valence-electron chi connectivity index (χ0n) is 13.3. The smallest absolute Gasteiger partial charge is 0.283 e. The Morgan fingerprint density at radius 2 is 2.24 bits per heavy atom. The number of hydrogen-bond acceptors (Lipinski definition) is 4. The van der Waals surface area contributed by atoms with Gasteiger partial charge in [0.2, 0.25) is 0 Å². The number of likely N-dealkylation sites (tertiary alicyclic amines) is 1. The van der Waals surface area contributed by atoms with Crippen LogP contribution in [0.1, 0.15) is 33.6 Å². The minimum atomic E-state index is -0.0605. The normalized spacial score (nSPS) is 23.5. The van der Waals surface area contributed by atoms with Crippen molar-refractivity contribution in [2.24, 2.45) is 5.92 Å². The maximum atomic E-state index is 12.3. The summed E-state index contributed by atoms with van der Waals surface area (Å²) in [4.78, 5) is 14.7. The van der Waals surface area contributed by atoms with Gasteiger partial charge in [-0.2, -0.15) is 5.10 Å². The second-order valence-electron chi connectivity index (χ2n) is 6.45. The fourth-order valence-corrected chi connectivity index (χ4v) is 3.10. The van der Waals surface area contributed by atoms with Crippen molar-refractivity contribution in [3.63, 3.8) is 0 Å². The van der Waals surface area contributed by atoms with Crippen LogP contribution >= 0.6 is 15.9 Å². The molecule has 0 amide bonds. The zero-order valence-corrected chi connectivity index (χ0v) is 14.9. The van der Waals surface area contributed by atoms with E-state index in [9.17, 15) is 4.79 Å². The molecule has 1 aromatic heterocycles. The fraction of sp³-hybridized carbons (Fsp3) is 0.733. The lowest BCUT2D eigenvalue weighted by atomic mass is 9.99. The van der Waals surface area contributed by atoms with Crippen LogP contribution in [0.4, 0.5) is 5.69 Å². The molecule has 1 aromatic rings. The van der Waals surface area contributed by atoms with Crippen LogP contribution < -0.4 is 10.9 Å². The summed E-state index contributed by atoms with van der Waals surface area (Å²) in [6, 6.07) is 0.957. The van der Waals surface area contributed by atoms with Gasteiger partial charge in [-0.25, -0.2) is 4.68 Å². The second kappa shape index (κ2) is 6.92. The molecule has 0 radical (unpaired) electrons. The predicted molar refractivity (Wildman–Crippen MR) is 89.8 cm³/mol. The number of hydrogen-bond donors (Lipinski definition) is 1. The van der Waals surface area contributed by atoms with E-state index >= 15 is 0 Å². The molecule has 1 N–H and O–H groups in total. The number of nitrogens with one attached hydrogen (secondary N) is 1. The highest BCUT2D eigenvalue weighted by molar-refractivity contribution is 9.10. The van der Waals surface area contributed by atoms with E-state index < -0.39 is 0 Å². The van der Waals surface area contributed by atoms with Crippen LogP contribution in [0.5, 0.6) is 0 Å². The summed E-state index contributed by atoms with van der Waals surface area (Å²) in [7, 11) is 2.16. The molecule has 1 aliphatic heterocycles. The van der Waals surface area contributed by atoms with Gasteiger partial charge in [0.25, 0.3) is 5.56 Å². The van der Waals surface area contributed by atoms with Crippen LogP contribution in [0.25, 0.3) is 0 Å². The Balaban J connectivity index is 2.11. The molecule has 6 heteroatoms. The van der Waals surface area contributed by atoms with Crippen LogP contribution in [0, 0.1) is 5.92 Å². The van der Waals surface area contributed by atoms with Gasteiger partial charge in [0.05, 0.1) is 11.9 Å². The predicted octanol–water partition coefficient (Wildman–Crippen LogP) is 2.56. The average Bonchev–Trinajstić information content (AvgIpc) is 2.42. The lowest BCUT2D eigenvalue weighted by molar-refractivity contribution is 0.190. The minimum Gasteiger partial charge on any atom is -0.380 e. The molecule has 0 aliphatic carbocycles. The maximum absolute atomic E-state index is 12.3. The van der Waals surface area contributed by atoms with E-state index in [0.29, 0.717) is 29.0 Å². The third-order valence-corrected chi connectivity index (χ3v) is 4.86. The molecular formula is C15H25BrN4O. The molecule has 0 spiro atoms. The van der Waals surface area contributed by atoms with E-state index in [2.05, 4.69) is 59.1 Å². The average molecular weight is 357 g/mol. The van der Waals surface area contributed by atoms with Crippen LogP contribution in [-0.4, -0.2) is 40.4 Å². The Hall–Kier alpha value is -0.880. The summed E-state index contributed by atoms with van der Waals surface area (Å²) in [6.45, 7) is 8.11. The number of anilines is 1. The van der Waals surface area contributed by atoms with Crippen LogP contribution in [0.2, 0.25) is 0 Å². The Bertz CT molecular complexity index is 543. The minimum absolute atomic E-state index is 0.0605. The molecule has 21 heavy (non-hydrogen) atoms. The van der Waals surface area contributed by atoms with Crippen molar-refractivity contribution in [1.82, 2.24) is 14.7 Å². The SMILES string of the molecule is CC(C)Cn1ncc(NC2CCN(C)C(C)C2)c(Br)c1=O. The summed E-state index contributed by atoms with van der Waals surface area (Å²) in [5.41, 5.74) is 0.747. The van der Waals surface area contributed by atoms with Crippen LogP contribution in [0.3, 0.4) is 0 Å². The lowest BCUT2D eigenvalue weighted by Gasteiger charge is -2.35. The quantitative estimate of drug-likeness (QED) is 0.900. The van der Waals surface area contributed by atoms with E-state index in [4.69, 9.17) is 0 Å². The van der Waals surface area contributed by atoms with Crippen molar-refractivity contribution < 1.29 is 0 Å². The van der Waals surface area contributed by atoms with Crippen molar-refractivity contribution >= 4 is 21.6 Å². The summed E-state index contributed by atoms with van der Waals surface area (Å²) in [6.07, 6.45) is 3.93.